The summed E-state index contributed by atoms with van der Waals surface area (Å²) in [5.41, 5.74) is 3.58. The zero-order valence-corrected chi connectivity index (χ0v) is 17.6. The van der Waals surface area contributed by atoms with Gasteiger partial charge < -0.3 is 10.1 Å². The van der Waals surface area contributed by atoms with E-state index in [1.807, 2.05) is 67.6 Å². The summed E-state index contributed by atoms with van der Waals surface area (Å²) in [6, 6.07) is 19.1. The summed E-state index contributed by atoms with van der Waals surface area (Å²) in [7, 11) is 1.64. The third kappa shape index (κ3) is 4.31. The van der Waals surface area contributed by atoms with Crippen molar-refractivity contribution in [2.24, 2.45) is 0 Å². The lowest BCUT2D eigenvalue weighted by molar-refractivity contribution is -0.113. The highest BCUT2D eigenvalue weighted by molar-refractivity contribution is 8.00. The maximum Gasteiger partial charge on any atom is 0.234 e. The maximum absolute atomic E-state index is 12.5. The van der Waals surface area contributed by atoms with Crippen molar-refractivity contribution in [3.8, 4) is 5.75 Å². The van der Waals surface area contributed by atoms with Crippen molar-refractivity contribution in [2.75, 3.05) is 18.2 Å². The number of aromatic nitrogens is 1. The first-order valence-corrected chi connectivity index (χ1v) is 10.5. The Labute approximate surface area is 178 Å². The fraction of sp³-hybridized carbons (Fsp3) is 0.130. The van der Waals surface area contributed by atoms with Gasteiger partial charge in [-0.3, -0.25) is 4.79 Å². The number of rotatable bonds is 5. The molecule has 1 aromatic heterocycles. The Balaban J connectivity index is 1.68. The van der Waals surface area contributed by atoms with Crippen molar-refractivity contribution in [1.82, 2.24) is 4.98 Å². The number of nitrogens with zero attached hydrogens (tertiary/aromatic N) is 1. The Morgan fingerprint density at radius 1 is 1.03 bits per heavy atom. The Morgan fingerprint density at radius 3 is 2.59 bits per heavy atom. The number of carbonyl (C=O) groups excluding carboxylic acids is 1. The molecule has 0 aliphatic carbocycles. The lowest BCUT2D eigenvalue weighted by atomic mass is 10.1. The molecular weight excluding hydrogens is 404 g/mol. The second-order valence-electron chi connectivity index (χ2n) is 6.69. The van der Waals surface area contributed by atoms with E-state index in [4.69, 9.17) is 21.3 Å². The molecule has 3 aromatic carbocycles. The zero-order valence-electron chi connectivity index (χ0n) is 16.0. The SMILES string of the molecule is COc1ccc2nc3cc(Cl)ccc3c(SCC(=O)Nc3ccc(C)cc3)c2c1. The molecule has 0 bridgehead atoms. The first-order valence-electron chi connectivity index (χ1n) is 9.10. The summed E-state index contributed by atoms with van der Waals surface area (Å²) in [5.74, 6) is 0.967. The van der Waals surface area contributed by atoms with Crippen molar-refractivity contribution in [1.29, 1.82) is 0 Å². The second-order valence-corrected chi connectivity index (χ2v) is 8.11. The predicted molar refractivity (Wildman–Crippen MR) is 121 cm³/mol. The van der Waals surface area contributed by atoms with E-state index in [9.17, 15) is 4.79 Å². The van der Waals surface area contributed by atoms with Gasteiger partial charge in [-0.1, -0.05) is 35.4 Å². The van der Waals surface area contributed by atoms with Crippen LogP contribution in [-0.4, -0.2) is 23.8 Å². The quantitative estimate of drug-likeness (QED) is 0.312. The Bertz CT molecular complexity index is 1210. The molecule has 1 heterocycles. The van der Waals surface area contributed by atoms with Crippen LogP contribution in [0.15, 0.2) is 65.6 Å². The largest absolute Gasteiger partial charge is 0.497 e. The van der Waals surface area contributed by atoms with Gasteiger partial charge in [-0.15, -0.1) is 11.8 Å². The molecule has 1 amide bonds. The summed E-state index contributed by atoms with van der Waals surface area (Å²) in [6.07, 6.45) is 0. The van der Waals surface area contributed by atoms with Gasteiger partial charge in [0.25, 0.3) is 0 Å². The fourth-order valence-corrected chi connectivity index (χ4v) is 4.27. The number of amides is 1. The number of ether oxygens (including phenoxy) is 1. The number of aryl methyl sites for hydroxylation is 1. The average molecular weight is 423 g/mol. The van der Waals surface area contributed by atoms with Gasteiger partial charge in [0.2, 0.25) is 5.91 Å². The molecule has 0 saturated heterocycles. The van der Waals surface area contributed by atoms with Crippen LogP contribution in [0.2, 0.25) is 5.02 Å². The third-order valence-corrected chi connectivity index (χ3v) is 5.95. The molecule has 0 spiro atoms. The van der Waals surface area contributed by atoms with Crippen LogP contribution in [0, 0.1) is 6.92 Å². The number of hydrogen-bond donors (Lipinski definition) is 1. The number of thioether (sulfide) groups is 1. The van der Waals surface area contributed by atoms with Crippen LogP contribution in [0.4, 0.5) is 5.69 Å². The molecule has 0 radical (unpaired) electrons. The predicted octanol–water partition coefficient (Wildman–Crippen LogP) is 6.09. The standard InChI is InChI=1S/C23H19ClN2O2S/c1-14-3-6-16(7-4-14)25-22(27)13-29-23-18-9-5-15(24)11-21(18)26-20-10-8-17(28-2)12-19(20)23/h3-12H,13H2,1-2H3,(H,25,27). The molecule has 29 heavy (non-hydrogen) atoms. The number of pyridine rings is 1. The highest BCUT2D eigenvalue weighted by atomic mass is 35.5. The smallest absolute Gasteiger partial charge is 0.234 e. The van der Waals surface area contributed by atoms with Gasteiger partial charge in [-0.25, -0.2) is 4.98 Å². The van der Waals surface area contributed by atoms with Crippen LogP contribution in [0.25, 0.3) is 21.8 Å². The van der Waals surface area contributed by atoms with E-state index < -0.39 is 0 Å². The first-order chi connectivity index (χ1) is 14.0. The number of hydrogen-bond acceptors (Lipinski definition) is 4. The fourth-order valence-electron chi connectivity index (χ4n) is 3.11. The second kappa shape index (κ2) is 8.31. The molecule has 1 N–H and O–H groups in total. The molecule has 0 aliphatic rings. The number of carbonyl (C=O) groups is 1. The molecule has 0 aliphatic heterocycles. The van der Waals surface area contributed by atoms with E-state index in [2.05, 4.69) is 5.32 Å². The van der Waals surface area contributed by atoms with E-state index >= 15 is 0 Å². The van der Waals surface area contributed by atoms with Crippen molar-refractivity contribution in [3.05, 3.63) is 71.2 Å². The normalized spacial score (nSPS) is 11.0. The Morgan fingerprint density at radius 2 is 1.83 bits per heavy atom. The van der Waals surface area contributed by atoms with Crippen LogP contribution in [0.1, 0.15) is 5.56 Å². The van der Waals surface area contributed by atoms with Gasteiger partial charge in [0, 0.05) is 26.4 Å². The molecule has 0 saturated carbocycles. The molecule has 0 fully saturated rings. The van der Waals surface area contributed by atoms with Crippen LogP contribution >= 0.6 is 23.4 Å². The first kappa shape index (κ1) is 19.6. The van der Waals surface area contributed by atoms with Crippen molar-refractivity contribution in [2.45, 2.75) is 11.8 Å². The average Bonchev–Trinajstić information content (AvgIpc) is 2.72. The lowest BCUT2D eigenvalue weighted by Gasteiger charge is -2.12. The minimum absolute atomic E-state index is 0.0613. The minimum Gasteiger partial charge on any atom is -0.497 e. The number of benzene rings is 3. The van der Waals surface area contributed by atoms with Crippen LogP contribution in [0.3, 0.4) is 0 Å². The van der Waals surface area contributed by atoms with Crippen LogP contribution in [-0.2, 0) is 4.79 Å². The van der Waals surface area contributed by atoms with Gasteiger partial charge >= 0.3 is 0 Å². The molecule has 6 heteroatoms. The molecule has 4 rings (SSSR count). The molecule has 0 atom stereocenters. The van der Waals surface area contributed by atoms with Crippen molar-refractivity contribution < 1.29 is 9.53 Å². The minimum atomic E-state index is -0.0613. The van der Waals surface area contributed by atoms with E-state index in [1.54, 1.807) is 7.11 Å². The summed E-state index contributed by atoms with van der Waals surface area (Å²) in [6.45, 7) is 2.02. The Kier molecular flexibility index (Phi) is 5.60. The van der Waals surface area contributed by atoms with E-state index in [0.717, 1.165) is 43.7 Å². The lowest BCUT2D eigenvalue weighted by Crippen LogP contribution is -2.14. The monoisotopic (exact) mass is 422 g/mol. The zero-order chi connectivity index (χ0) is 20.4. The molecule has 146 valence electrons. The third-order valence-electron chi connectivity index (χ3n) is 4.58. The summed E-state index contributed by atoms with van der Waals surface area (Å²) in [5, 5.41) is 5.49. The number of nitrogens with one attached hydrogen (secondary N) is 1. The topological polar surface area (TPSA) is 51.2 Å². The molecule has 4 nitrogen and oxygen atoms in total. The number of methoxy groups -OCH3 is 1. The number of fused-ring (bicyclic) bond motifs is 2. The van der Waals surface area contributed by atoms with E-state index in [1.165, 1.54) is 11.8 Å². The number of anilines is 1. The molecular formula is C23H19ClN2O2S. The number of halogens is 1. The van der Waals surface area contributed by atoms with Gasteiger partial charge in [0.05, 0.1) is 23.9 Å². The highest BCUT2D eigenvalue weighted by Crippen LogP contribution is 2.36. The van der Waals surface area contributed by atoms with Crippen LogP contribution < -0.4 is 10.1 Å². The van der Waals surface area contributed by atoms with E-state index in [0.29, 0.717) is 5.02 Å². The summed E-state index contributed by atoms with van der Waals surface area (Å²) >= 11 is 7.65. The molecule has 4 aromatic rings. The van der Waals surface area contributed by atoms with Gasteiger partial charge in [-0.2, -0.15) is 0 Å². The van der Waals surface area contributed by atoms with Crippen molar-refractivity contribution in [3.63, 3.8) is 0 Å². The van der Waals surface area contributed by atoms with Crippen molar-refractivity contribution >= 4 is 56.8 Å². The van der Waals surface area contributed by atoms with Crippen LogP contribution in [0.5, 0.6) is 5.75 Å². The maximum atomic E-state index is 12.5. The van der Waals surface area contributed by atoms with Gasteiger partial charge in [-0.05, 0) is 49.4 Å². The Hall–Kier alpha value is -2.76. The summed E-state index contributed by atoms with van der Waals surface area (Å²) < 4.78 is 5.39. The van der Waals surface area contributed by atoms with E-state index in [-0.39, 0.29) is 11.7 Å². The van der Waals surface area contributed by atoms with Gasteiger partial charge in [0.15, 0.2) is 0 Å². The summed E-state index contributed by atoms with van der Waals surface area (Å²) in [4.78, 5) is 18.2. The molecule has 0 unspecified atom stereocenters. The highest BCUT2D eigenvalue weighted by Gasteiger charge is 2.13. The van der Waals surface area contributed by atoms with Gasteiger partial charge in [0.1, 0.15) is 5.75 Å².